The van der Waals surface area contributed by atoms with Gasteiger partial charge in [0.05, 0.1) is 6.61 Å². The van der Waals surface area contributed by atoms with E-state index in [-0.39, 0.29) is 0 Å². The van der Waals surface area contributed by atoms with Crippen LogP contribution in [-0.2, 0) is 0 Å². The van der Waals surface area contributed by atoms with E-state index in [1.807, 2.05) is 0 Å². The third-order valence-electron chi connectivity index (χ3n) is 3.63. The Morgan fingerprint density at radius 3 is 2.72 bits per heavy atom. The van der Waals surface area contributed by atoms with Gasteiger partial charge in [-0.3, -0.25) is 0 Å². The highest BCUT2D eigenvalue weighted by Crippen LogP contribution is 2.33. The molecular formula is C16H25NO. The van der Waals surface area contributed by atoms with Gasteiger partial charge in [-0.25, -0.2) is 0 Å². The van der Waals surface area contributed by atoms with Crippen molar-refractivity contribution in [2.75, 3.05) is 13.2 Å². The molecule has 0 amide bonds. The van der Waals surface area contributed by atoms with Crippen LogP contribution in [0.25, 0.3) is 0 Å². The van der Waals surface area contributed by atoms with Crippen LogP contribution in [0.2, 0.25) is 0 Å². The molecule has 2 rings (SSSR count). The van der Waals surface area contributed by atoms with Crippen LogP contribution >= 0.6 is 0 Å². The first kappa shape index (κ1) is 13.4. The lowest BCUT2D eigenvalue weighted by atomic mass is 10.0. The van der Waals surface area contributed by atoms with E-state index in [0.29, 0.717) is 6.04 Å². The van der Waals surface area contributed by atoms with Crippen LogP contribution in [0.15, 0.2) is 24.3 Å². The first-order valence-corrected chi connectivity index (χ1v) is 7.30. The van der Waals surface area contributed by atoms with Crippen molar-refractivity contribution in [1.29, 1.82) is 0 Å². The molecule has 0 aromatic heterocycles. The molecule has 1 saturated carbocycles. The lowest BCUT2D eigenvalue weighted by molar-refractivity contribution is 0.295. The van der Waals surface area contributed by atoms with Crippen LogP contribution in [0.5, 0.6) is 5.75 Å². The topological polar surface area (TPSA) is 21.3 Å². The van der Waals surface area contributed by atoms with Gasteiger partial charge >= 0.3 is 0 Å². The summed E-state index contributed by atoms with van der Waals surface area (Å²) in [6.07, 6.45) is 5.11. The molecule has 0 saturated heterocycles. The van der Waals surface area contributed by atoms with Gasteiger partial charge in [-0.1, -0.05) is 44.9 Å². The average molecular weight is 247 g/mol. The third-order valence-corrected chi connectivity index (χ3v) is 3.63. The van der Waals surface area contributed by atoms with Gasteiger partial charge in [0.2, 0.25) is 0 Å². The fourth-order valence-corrected chi connectivity index (χ4v) is 2.36. The maximum absolute atomic E-state index is 5.98. The predicted molar refractivity (Wildman–Crippen MR) is 76.0 cm³/mol. The van der Waals surface area contributed by atoms with E-state index in [0.717, 1.165) is 31.2 Å². The minimum absolute atomic E-state index is 0.409. The van der Waals surface area contributed by atoms with Crippen LogP contribution in [0, 0.1) is 5.92 Å². The van der Waals surface area contributed by atoms with E-state index in [1.54, 1.807) is 0 Å². The first-order valence-electron chi connectivity index (χ1n) is 7.30. The van der Waals surface area contributed by atoms with Gasteiger partial charge < -0.3 is 10.1 Å². The fraction of sp³-hybridized carbons (Fsp3) is 0.625. The Labute approximate surface area is 111 Å². The standard InChI is InChI=1S/C16H25NO/c1-3-15(17-4-2)14-7-5-6-8-16(14)18-12-11-13-9-10-13/h5-8,13,15,17H,3-4,9-12H2,1-2H3. The summed E-state index contributed by atoms with van der Waals surface area (Å²) in [6, 6.07) is 8.86. The van der Waals surface area contributed by atoms with Crippen molar-refractivity contribution in [3.05, 3.63) is 29.8 Å². The van der Waals surface area contributed by atoms with Crippen molar-refractivity contribution >= 4 is 0 Å². The molecule has 0 aliphatic heterocycles. The van der Waals surface area contributed by atoms with Crippen molar-refractivity contribution in [1.82, 2.24) is 5.32 Å². The average Bonchev–Trinajstić information content (AvgIpc) is 3.21. The van der Waals surface area contributed by atoms with Crippen molar-refractivity contribution < 1.29 is 4.74 Å². The molecule has 1 fully saturated rings. The SMILES string of the molecule is CCNC(CC)c1ccccc1OCCC1CC1. The van der Waals surface area contributed by atoms with Gasteiger partial charge in [0.25, 0.3) is 0 Å². The Morgan fingerprint density at radius 2 is 2.06 bits per heavy atom. The van der Waals surface area contributed by atoms with Gasteiger partial charge in [-0.2, -0.15) is 0 Å². The van der Waals surface area contributed by atoms with Crippen molar-refractivity contribution in [3.8, 4) is 5.75 Å². The molecule has 2 nitrogen and oxygen atoms in total. The third kappa shape index (κ3) is 3.74. The predicted octanol–water partition coefficient (Wildman–Crippen LogP) is 3.93. The van der Waals surface area contributed by atoms with Crippen molar-refractivity contribution in [2.45, 2.75) is 45.6 Å². The van der Waals surface area contributed by atoms with E-state index < -0.39 is 0 Å². The number of ether oxygens (including phenoxy) is 1. The molecule has 0 radical (unpaired) electrons. The Morgan fingerprint density at radius 1 is 1.28 bits per heavy atom. The number of nitrogens with one attached hydrogen (secondary N) is 1. The zero-order valence-electron chi connectivity index (χ0n) is 11.6. The van der Waals surface area contributed by atoms with E-state index in [2.05, 4.69) is 43.4 Å². The molecule has 1 aliphatic carbocycles. The van der Waals surface area contributed by atoms with E-state index >= 15 is 0 Å². The van der Waals surface area contributed by atoms with E-state index in [9.17, 15) is 0 Å². The van der Waals surface area contributed by atoms with E-state index in [1.165, 1.54) is 24.8 Å². The molecule has 0 heterocycles. The minimum Gasteiger partial charge on any atom is -0.493 e. The highest BCUT2D eigenvalue weighted by molar-refractivity contribution is 5.35. The monoisotopic (exact) mass is 247 g/mol. The van der Waals surface area contributed by atoms with Crippen molar-refractivity contribution in [2.24, 2.45) is 5.92 Å². The number of para-hydroxylation sites is 1. The molecule has 0 bridgehead atoms. The van der Waals surface area contributed by atoms with Crippen LogP contribution in [0.4, 0.5) is 0 Å². The number of hydrogen-bond acceptors (Lipinski definition) is 2. The summed E-state index contributed by atoms with van der Waals surface area (Å²) < 4.78 is 5.98. The smallest absolute Gasteiger partial charge is 0.124 e. The summed E-state index contributed by atoms with van der Waals surface area (Å²) in [7, 11) is 0. The molecule has 18 heavy (non-hydrogen) atoms. The first-order chi connectivity index (χ1) is 8.85. The van der Waals surface area contributed by atoms with Gasteiger partial charge in [0.1, 0.15) is 5.75 Å². The summed E-state index contributed by atoms with van der Waals surface area (Å²) in [5.41, 5.74) is 1.30. The molecule has 2 heteroatoms. The minimum atomic E-state index is 0.409. The number of benzene rings is 1. The number of hydrogen-bond donors (Lipinski definition) is 1. The lowest BCUT2D eigenvalue weighted by Gasteiger charge is -2.20. The normalized spacial score (nSPS) is 16.6. The Balaban J connectivity index is 1.97. The molecule has 0 spiro atoms. The maximum Gasteiger partial charge on any atom is 0.124 e. The maximum atomic E-state index is 5.98. The van der Waals surface area contributed by atoms with Crippen molar-refractivity contribution in [3.63, 3.8) is 0 Å². The second-order valence-electron chi connectivity index (χ2n) is 5.14. The Kier molecular flexibility index (Phi) is 5.06. The van der Waals surface area contributed by atoms with Gasteiger partial charge in [-0.05, 0) is 31.4 Å². The van der Waals surface area contributed by atoms with Gasteiger partial charge in [0.15, 0.2) is 0 Å². The largest absolute Gasteiger partial charge is 0.493 e. The molecule has 1 aromatic rings. The highest BCUT2D eigenvalue weighted by Gasteiger charge is 2.21. The summed E-state index contributed by atoms with van der Waals surface area (Å²) in [5.74, 6) is 2.00. The molecule has 1 aromatic carbocycles. The summed E-state index contributed by atoms with van der Waals surface area (Å²) in [5, 5.41) is 3.52. The summed E-state index contributed by atoms with van der Waals surface area (Å²) >= 11 is 0. The quantitative estimate of drug-likeness (QED) is 0.751. The zero-order valence-corrected chi connectivity index (χ0v) is 11.6. The fourth-order valence-electron chi connectivity index (χ4n) is 2.36. The van der Waals surface area contributed by atoms with Crippen LogP contribution in [-0.4, -0.2) is 13.2 Å². The van der Waals surface area contributed by atoms with Gasteiger partial charge in [-0.15, -0.1) is 0 Å². The van der Waals surface area contributed by atoms with E-state index in [4.69, 9.17) is 4.74 Å². The molecule has 1 unspecified atom stereocenters. The molecule has 100 valence electrons. The summed E-state index contributed by atoms with van der Waals surface area (Å²) in [4.78, 5) is 0. The molecule has 1 atom stereocenters. The Hall–Kier alpha value is -1.02. The van der Waals surface area contributed by atoms with Crippen LogP contribution in [0.1, 0.15) is 51.1 Å². The van der Waals surface area contributed by atoms with Crippen LogP contribution in [0.3, 0.4) is 0 Å². The second kappa shape index (κ2) is 6.79. The zero-order chi connectivity index (χ0) is 12.8. The molecule has 1 aliphatic rings. The second-order valence-corrected chi connectivity index (χ2v) is 5.14. The molecular weight excluding hydrogens is 222 g/mol. The van der Waals surface area contributed by atoms with Gasteiger partial charge in [0, 0.05) is 11.6 Å². The molecule has 1 N–H and O–H groups in total. The highest BCUT2D eigenvalue weighted by atomic mass is 16.5. The number of rotatable bonds is 8. The van der Waals surface area contributed by atoms with Crippen LogP contribution < -0.4 is 10.1 Å². The lowest BCUT2D eigenvalue weighted by Crippen LogP contribution is -2.20. The summed E-state index contributed by atoms with van der Waals surface area (Å²) in [6.45, 7) is 6.23. The Bertz CT molecular complexity index is 360.